The minimum atomic E-state index is -0.436. The van der Waals surface area contributed by atoms with Crippen LogP contribution in [-0.2, 0) is 23.2 Å². The molecule has 176 valence electrons. The van der Waals surface area contributed by atoms with E-state index < -0.39 is 4.92 Å². The van der Waals surface area contributed by atoms with Gasteiger partial charge in [-0.05, 0) is 73.9 Å². The van der Waals surface area contributed by atoms with Crippen molar-refractivity contribution in [2.75, 3.05) is 0 Å². The van der Waals surface area contributed by atoms with Crippen molar-refractivity contribution in [1.82, 2.24) is 5.43 Å². The summed E-state index contributed by atoms with van der Waals surface area (Å²) in [5.41, 5.74) is 6.42. The third-order valence-electron chi connectivity index (χ3n) is 5.08. The van der Waals surface area contributed by atoms with Gasteiger partial charge in [0.25, 0.3) is 5.69 Å². The van der Waals surface area contributed by atoms with Gasteiger partial charge in [-0.3, -0.25) is 14.9 Å². The topological polar surface area (TPSA) is 93.8 Å². The van der Waals surface area contributed by atoms with E-state index in [0.717, 1.165) is 21.2 Å². The summed E-state index contributed by atoms with van der Waals surface area (Å²) in [6, 6.07) is 19.7. The van der Waals surface area contributed by atoms with Crippen molar-refractivity contribution in [3.8, 4) is 5.75 Å². The molecule has 0 bridgehead atoms. The second-order valence-electron chi connectivity index (χ2n) is 8.82. The van der Waals surface area contributed by atoms with Crippen LogP contribution >= 0.6 is 15.9 Å². The number of amides is 1. The molecule has 0 spiro atoms. The number of nitrogens with zero attached hydrogens (tertiary/aromatic N) is 2. The van der Waals surface area contributed by atoms with Crippen LogP contribution in [0, 0.1) is 10.1 Å². The first kappa shape index (κ1) is 25.1. The van der Waals surface area contributed by atoms with Gasteiger partial charge < -0.3 is 4.74 Å². The minimum Gasteiger partial charge on any atom is -0.488 e. The number of hydrogen-bond donors (Lipinski definition) is 1. The molecular formula is C26H26BrN3O4. The van der Waals surface area contributed by atoms with E-state index in [4.69, 9.17) is 4.74 Å². The van der Waals surface area contributed by atoms with Crippen LogP contribution in [-0.4, -0.2) is 17.0 Å². The van der Waals surface area contributed by atoms with Crippen LogP contribution in [0.15, 0.2) is 76.3 Å². The van der Waals surface area contributed by atoms with E-state index in [9.17, 15) is 14.9 Å². The molecule has 0 aliphatic rings. The van der Waals surface area contributed by atoms with E-state index in [2.05, 4.69) is 59.4 Å². The zero-order valence-electron chi connectivity index (χ0n) is 19.2. The van der Waals surface area contributed by atoms with Crippen molar-refractivity contribution < 1.29 is 14.5 Å². The summed E-state index contributed by atoms with van der Waals surface area (Å²) in [5.74, 6) is 0.431. The van der Waals surface area contributed by atoms with Gasteiger partial charge in [-0.25, -0.2) is 5.43 Å². The van der Waals surface area contributed by atoms with Crippen molar-refractivity contribution in [1.29, 1.82) is 0 Å². The number of non-ortho nitro benzene ring substituents is 1. The molecule has 0 aliphatic heterocycles. The second-order valence-corrected chi connectivity index (χ2v) is 9.67. The number of halogens is 1. The number of nitro groups is 1. The summed E-state index contributed by atoms with van der Waals surface area (Å²) in [5, 5.41) is 14.8. The summed E-state index contributed by atoms with van der Waals surface area (Å²) in [6.45, 7) is 6.73. The van der Waals surface area contributed by atoms with Crippen molar-refractivity contribution in [3.05, 3.63) is 104 Å². The van der Waals surface area contributed by atoms with Gasteiger partial charge in [0.1, 0.15) is 12.4 Å². The van der Waals surface area contributed by atoms with Crippen LogP contribution in [0.2, 0.25) is 0 Å². The highest BCUT2D eigenvalue weighted by molar-refractivity contribution is 9.10. The Balaban J connectivity index is 1.50. The molecule has 3 aromatic carbocycles. The SMILES string of the molecule is CC(C)(C)c1ccc(CC(=O)N/N=C\c2ccc(OCc3ccc([N+](=O)[O-])cc3)c(Br)c2)cc1. The molecular weight excluding hydrogens is 498 g/mol. The molecule has 3 aromatic rings. The Labute approximate surface area is 207 Å². The molecule has 0 radical (unpaired) electrons. The average Bonchev–Trinajstić information content (AvgIpc) is 2.78. The van der Waals surface area contributed by atoms with E-state index in [-0.39, 0.29) is 30.0 Å². The van der Waals surface area contributed by atoms with Crippen LogP contribution in [0.1, 0.15) is 43.0 Å². The number of nitrogens with one attached hydrogen (secondary N) is 1. The lowest BCUT2D eigenvalue weighted by molar-refractivity contribution is -0.384. The predicted octanol–water partition coefficient (Wildman–Crippen LogP) is 5.93. The molecule has 7 nitrogen and oxygen atoms in total. The highest BCUT2D eigenvalue weighted by Crippen LogP contribution is 2.27. The maximum Gasteiger partial charge on any atom is 0.269 e. The van der Waals surface area contributed by atoms with Crippen molar-refractivity contribution in [2.24, 2.45) is 5.10 Å². The highest BCUT2D eigenvalue weighted by atomic mass is 79.9. The Hall–Kier alpha value is -3.52. The Kier molecular flexibility index (Phi) is 8.17. The lowest BCUT2D eigenvalue weighted by atomic mass is 9.86. The molecule has 1 amide bonds. The van der Waals surface area contributed by atoms with Gasteiger partial charge in [-0.1, -0.05) is 45.0 Å². The van der Waals surface area contributed by atoms with Gasteiger partial charge in [0.2, 0.25) is 5.91 Å². The largest absolute Gasteiger partial charge is 0.488 e. The van der Waals surface area contributed by atoms with Crippen LogP contribution in [0.4, 0.5) is 5.69 Å². The summed E-state index contributed by atoms with van der Waals surface area (Å²) in [4.78, 5) is 22.5. The van der Waals surface area contributed by atoms with Gasteiger partial charge in [-0.2, -0.15) is 5.10 Å². The molecule has 8 heteroatoms. The van der Waals surface area contributed by atoms with Gasteiger partial charge in [0, 0.05) is 12.1 Å². The molecule has 0 saturated heterocycles. The van der Waals surface area contributed by atoms with Crippen LogP contribution in [0.3, 0.4) is 0 Å². The first-order chi connectivity index (χ1) is 16.1. The zero-order valence-corrected chi connectivity index (χ0v) is 20.8. The molecule has 0 aromatic heterocycles. The van der Waals surface area contributed by atoms with E-state index in [1.165, 1.54) is 17.7 Å². The fourth-order valence-corrected chi connectivity index (χ4v) is 3.63. The fraction of sp³-hybridized carbons (Fsp3) is 0.231. The van der Waals surface area contributed by atoms with Gasteiger partial charge in [-0.15, -0.1) is 0 Å². The Morgan fingerprint density at radius 3 is 2.29 bits per heavy atom. The monoisotopic (exact) mass is 523 g/mol. The lowest BCUT2D eigenvalue weighted by Gasteiger charge is -2.19. The van der Waals surface area contributed by atoms with Crippen molar-refractivity contribution in [3.63, 3.8) is 0 Å². The first-order valence-corrected chi connectivity index (χ1v) is 11.5. The quantitative estimate of drug-likeness (QED) is 0.225. The molecule has 3 rings (SSSR count). The van der Waals surface area contributed by atoms with Gasteiger partial charge in [0.05, 0.1) is 22.0 Å². The zero-order chi connectivity index (χ0) is 24.7. The first-order valence-electron chi connectivity index (χ1n) is 10.7. The summed E-state index contributed by atoms with van der Waals surface area (Å²) in [6.07, 6.45) is 1.81. The Morgan fingerprint density at radius 1 is 1.06 bits per heavy atom. The molecule has 0 heterocycles. The molecule has 0 unspecified atom stereocenters. The third-order valence-corrected chi connectivity index (χ3v) is 5.70. The number of carbonyl (C=O) groups excluding carboxylic acids is 1. The standard InChI is InChI=1S/C26H26BrN3O4/c1-26(2,3)21-9-4-18(5-10-21)15-25(31)29-28-16-20-8-13-24(23(27)14-20)34-17-19-6-11-22(12-7-19)30(32)33/h4-14,16H,15,17H2,1-3H3,(H,29,31)/b28-16-. The molecule has 0 aliphatic carbocycles. The highest BCUT2D eigenvalue weighted by Gasteiger charge is 2.13. The number of hydrazone groups is 1. The maximum absolute atomic E-state index is 12.2. The number of nitro benzene ring substituents is 1. The summed E-state index contributed by atoms with van der Waals surface area (Å²) < 4.78 is 6.51. The second kappa shape index (κ2) is 11.1. The molecule has 34 heavy (non-hydrogen) atoms. The fourth-order valence-electron chi connectivity index (χ4n) is 3.12. The lowest BCUT2D eigenvalue weighted by Crippen LogP contribution is -2.20. The number of carbonyl (C=O) groups is 1. The van der Waals surface area contributed by atoms with Crippen molar-refractivity contribution >= 4 is 33.7 Å². The number of hydrogen-bond acceptors (Lipinski definition) is 5. The number of benzene rings is 3. The predicted molar refractivity (Wildman–Crippen MR) is 136 cm³/mol. The van der Waals surface area contributed by atoms with Crippen LogP contribution < -0.4 is 10.2 Å². The summed E-state index contributed by atoms with van der Waals surface area (Å²) >= 11 is 3.47. The van der Waals surface area contributed by atoms with Gasteiger partial charge >= 0.3 is 0 Å². The third kappa shape index (κ3) is 7.25. The van der Waals surface area contributed by atoms with Crippen LogP contribution in [0.5, 0.6) is 5.75 Å². The number of ether oxygens (including phenoxy) is 1. The van der Waals surface area contributed by atoms with E-state index in [0.29, 0.717) is 5.75 Å². The number of rotatable bonds is 8. The van der Waals surface area contributed by atoms with E-state index >= 15 is 0 Å². The normalized spacial score (nSPS) is 11.4. The van der Waals surface area contributed by atoms with E-state index in [1.54, 1.807) is 24.4 Å². The van der Waals surface area contributed by atoms with Crippen LogP contribution in [0.25, 0.3) is 0 Å². The average molecular weight is 524 g/mol. The summed E-state index contributed by atoms with van der Waals surface area (Å²) in [7, 11) is 0. The van der Waals surface area contributed by atoms with Gasteiger partial charge in [0.15, 0.2) is 0 Å². The Bertz CT molecular complexity index is 1180. The molecule has 0 saturated carbocycles. The maximum atomic E-state index is 12.2. The Morgan fingerprint density at radius 2 is 1.71 bits per heavy atom. The molecule has 1 N–H and O–H groups in total. The van der Waals surface area contributed by atoms with Crippen molar-refractivity contribution in [2.45, 2.75) is 39.2 Å². The minimum absolute atomic E-state index is 0.0408. The molecule has 0 atom stereocenters. The molecule has 0 fully saturated rings. The van der Waals surface area contributed by atoms with E-state index in [1.807, 2.05) is 24.3 Å². The smallest absolute Gasteiger partial charge is 0.269 e.